The number of benzene rings is 5. The summed E-state index contributed by atoms with van der Waals surface area (Å²) in [4.78, 5) is 26.2. The second kappa shape index (κ2) is 19.8. The molecule has 0 spiro atoms. The van der Waals surface area contributed by atoms with Gasteiger partial charge in [-0.05, 0) is 51.8 Å². The van der Waals surface area contributed by atoms with Gasteiger partial charge >= 0.3 is 0 Å². The Morgan fingerprint density at radius 3 is 1.89 bits per heavy atom. The van der Waals surface area contributed by atoms with Crippen LogP contribution in [0.3, 0.4) is 0 Å². The fourth-order valence-electron chi connectivity index (χ4n) is 6.87. The van der Waals surface area contributed by atoms with Crippen molar-refractivity contribution in [2.75, 3.05) is 6.54 Å². The highest BCUT2D eigenvalue weighted by Gasteiger charge is 2.33. The van der Waals surface area contributed by atoms with Crippen LogP contribution in [0.5, 0.6) is 0 Å². The average molecular weight is 728 g/mol. The lowest BCUT2D eigenvalue weighted by molar-refractivity contribution is -0.253. The maximum Gasteiger partial charge on any atom is 0.243 e. The number of amides is 2. The van der Waals surface area contributed by atoms with E-state index in [2.05, 4.69) is 83.0 Å². The lowest BCUT2D eigenvalue weighted by Crippen LogP contribution is -2.39. The Kier molecular flexibility index (Phi) is 14.1. The van der Waals surface area contributed by atoms with Gasteiger partial charge in [0.25, 0.3) is 0 Å². The van der Waals surface area contributed by atoms with Crippen LogP contribution in [0.25, 0.3) is 11.1 Å². The predicted octanol–water partition coefficient (Wildman–Crippen LogP) is 7.78. The minimum absolute atomic E-state index is 0.0106. The molecular formula is C45H49N3O6. The summed E-state index contributed by atoms with van der Waals surface area (Å²) >= 11 is 0. The first-order valence-corrected chi connectivity index (χ1v) is 18.7. The normalized spacial score (nSPS) is 16.9. The number of unbranched alkanes of at least 4 members (excludes halogenated alkanes) is 1. The van der Waals surface area contributed by atoms with Crippen LogP contribution in [0.4, 0.5) is 0 Å². The van der Waals surface area contributed by atoms with Crippen molar-refractivity contribution in [3.63, 3.8) is 0 Å². The van der Waals surface area contributed by atoms with Crippen LogP contribution in [-0.2, 0) is 45.3 Å². The van der Waals surface area contributed by atoms with E-state index >= 15 is 0 Å². The minimum Gasteiger partial charge on any atom is -0.392 e. The lowest BCUT2D eigenvalue weighted by Gasteiger charge is -2.38. The Labute approximate surface area is 317 Å². The quantitative estimate of drug-likeness (QED) is 0.0439. The Balaban J connectivity index is 1.17. The molecule has 0 aliphatic carbocycles. The summed E-state index contributed by atoms with van der Waals surface area (Å²) in [7, 11) is 0. The second-order valence-corrected chi connectivity index (χ2v) is 13.8. The van der Waals surface area contributed by atoms with Crippen molar-refractivity contribution in [1.29, 1.82) is 0 Å². The number of nitrogens with zero attached hydrogens (tertiary/aromatic N) is 1. The first-order valence-electron chi connectivity index (χ1n) is 18.7. The number of carbonyl (C=O) groups is 2. The van der Waals surface area contributed by atoms with Crippen molar-refractivity contribution in [1.82, 2.24) is 15.7 Å². The van der Waals surface area contributed by atoms with Gasteiger partial charge in [0.05, 0.1) is 18.8 Å². The molecule has 0 aromatic heterocycles. The molecule has 280 valence electrons. The molecule has 9 heteroatoms. The van der Waals surface area contributed by atoms with Gasteiger partial charge in [0, 0.05) is 51.0 Å². The van der Waals surface area contributed by atoms with Gasteiger partial charge in [-0.1, -0.05) is 133 Å². The van der Waals surface area contributed by atoms with Gasteiger partial charge in [-0.3, -0.25) is 19.7 Å². The van der Waals surface area contributed by atoms with Crippen molar-refractivity contribution in [3.05, 3.63) is 167 Å². The first kappa shape index (κ1) is 38.6. The number of hydrogen-bond acceptors (Lipinski definition) is 7. The van der Waals surface area contributed by atoms with Crippen LogP contribution in [0, 0.1) is 0 Å². The maximum absolute atomic E-state index is 12.5. The minimum atomic E-state index is -0.589. The summed E-state index contributed by atoms with van der Waals surface area (Å²) in [5.74, 6) is -0.535. The highest BCUT2D eigenvalue weighted by molar-refractivity contribution is 5.77. The largest absolute Gasteiger partial charge is 0.392 e. The van der Waals surface area contributed by atoms with Crippen LogP contribution < -0.4 is 10.8 Å². The van der Waals surface area contributed by atoms with Gasteiger partial charge < -0.3 is 19.9 Å². The van der Waals surface area contributed by atoms with E-state index in [9.17, 15) is 14.7 Å². The Hall–Kier alpha value is -5.16. The van der Waals surface area contributed by atoms with E-state index in [4.69, 9.17) is 14.7 Å². The average Bonchev–Trinajstić information content (AvgIpc) is 3.22. The number of aliphatic hydroxyl groups is 1. The molecule has 1 saturated heterocycles. The van der Waals surface area contributed by atoms with E-state index in [1.807, 2.05) is 60.7 Å². The summed E-state index contributed by atoms with van der Waals surface area (Å²) in [5, 5.41) is 21.3. The zero-order chi connectivity index (χ0) is 37.5. The fraction of sp³-hybridized carbons (Fsp3) is 0.289. The molecule has 1 aliphatic heterocycles. The number of carbonyl (C=O) groups excluding carboxylic acids is 2. The molecule has 54 heavy (non-hydrogen) atoms. The number of hydroxylamine groups is 1. The van der Waals surface area contributed by atoms with E-state index in [-0.39, 0.29) is 31.1 Å². The van der Waals surface area contributed by atoms with Crippen molar-refractivity contribution in [3.8, 4) is 11.1 Å². The molecule has 3 atom stereocenters. The van der Waals surface area contributed by atoms with Crippen molar-refractivity contribution in [2.24, 2.45) is 0 Å². The van der Waals surface area contributed by atoms with Gasteiger partial charge in [0.15, 0.2) is 6.29 Å². The molecule has 6 rings (SSSR count). The van der Waals surface area contributed by atoms with E-state index in [1.165, 1.54) is 11.1 Å². The van der Waals surface area contributed by atoms with Crippen LogP contribution in [0.15, 0.2) is 133 Å². The van der Waals surface area contributed by atoms with Gasteiger partial charge in [0.1, 0.15) is 0 Å². The molecule has 4 N–H and O–H groups in total. The molecular weight excluding hydrogens is 679 g/mol. The zero-order valence-electron chi connectivity index (χ0n) is 30.5. The topological polar surface area (TPSA) is 120 Å². The lowest BCUT2D eigenvalue weighted by atomic mass is 9.97. The molecule has 0 radical (unpaired) electrons. The third-order valence-electron chi connectivity index (χ3n) is 9.74. The van der Waals surface area contributed by atoms with Crippen molar-refractivity contribution in [2.45, 2.75) is 76.8 Å². The van der Waals surface area contributed by atoms with Gasteiger partial charge in [0.2, 0.25) is 11.8 Å². The smallest absolute Gasteiger partial charge is 0.243 e. The van der Waals surface area contributed by atoms with Crippen molar-refractivity contribution >= 4 is 11.8 Å². The number of hydrogen-bond donors (Lipinski definition) is 4. The van der Waals surface area contributed by atoms with Crippen molar-refractivity contribution < 1.29 is 29.4 Å². The molecule has 5 aromatic carbocycles. The molecule has 9 nitrogen and oxygen atoms in total. The first-order chi connectivity index (χ1) is 26.5. The summed E-state index contributed by atoms with van der Waals surface area (Å²) < 4.78 is 13.5. The van der Waals surface area contributed by atoms with Gasteiger partial charge in [-0.15, -0.1) is 0 Å². The van der Waals surface area contributed by atoms with Crippen LogP contribution in [0.1, 0.15) is 77.9 Å². The van der Waals surface area contributed by atoms with Crippen LogP contribution >= 0.6 is 0 Å². The Morgan fingerprint density at radius 2 is 1.26 bits per heavy atom. The predicted molar refractivity (Wildman–Crippen MR) is 208 cm³/mol. The molecule has 0 bridgehead atoms. The summed E-state index contributed by atoms with van der Waals surface area (Å²) in [6.45, 7) is 2.65. The van der Waals surface area contributed by atoms with Crippen LogP contribution in [-0.4, -0.2) is 39.7 Å². The highest BCUT2D eigenvalue weighted by atomic mass is 16.7. The molecule has 2 amide bonds. The van der Waals surface area contributed by atoms with E-state index in [1.54, 1.807) is 5.48 Å². The van der Waals surface area contributed by atoms with Crippen LogP contribution in [0.2, 0.25) is 0 Å². The van der Waals surface area contributed by atoms with E-state index in [0.717, 1.165) is 46.5 Å². The molecule has 1 aliphatic rings. The van der Waals surface area contributed by atoms with Gasteiger partial charge in [-0.2, -0.15) is 0 Å². The van der Waals surface area contributed by atoms with Gasteiger partial charge in [-0.25, -0.2) is 5.48 Å². The molecule has 3 unspecified atom stereocenters. The molecule has 5 aromatic rings. The molecule has 1 heterocycles. The summed E-state index contributed by atoms with van der Waals surface area (Å²) in [6.07, 6.45) is 1.34. The molecule has 1 fully saturated rings. The highest BCUT2D eigenvalue weighted by Crippen LogP contribution is 2.39. The summed E-state index contributed by atoms with van der Waals surface area (Å²) in [5.41, 5.74) is 9.95. The SMILES string of the molecule is O=C(CCCCC(=O)NCc1ccccc1-c1ccc(C2OC(CN(Cc3ccccc3)Cc3ccccc3)CC(c3ccc(CO)cc3)O2)cc1)NO. The third-order valence-corrected chi connectivity index (χ3v) is 9.74. The number of nitrogens with one attached hydrogen (secondary N) is 2. The second-order valence-electron chi connectivity index (χ2n) is 13.8. The van der Waals surface area contributed by atoms with E-state index < -0.39 is 12.2 Å². The molecule has 0 saturated carbocycles. The number of rotatable bonds is 17. The third kappa shape index (κ3) is 11.2. The number of aliphatic hydroxyl groups excluding tert-OH is 1. The zero-order valence-corrected chi connectivity index (χ0v) is 30.5. The Bertz CT molecular complexity index is 1860. The standard InChI is InChI=1S/C45H49N3O6/c49-32-35-19-21-37(22-20-35)42-27-40(31-48(29-33-11-3-1-4-12-33)30-34-13-5-2-6-14-34)53-45(54-42)38-25-23-36(24-26-38)41-16-8-7-15-39(41)28-46-43(50)17-9-10-18-44(51)47-52/h1-8,11-16,19-26,40,42,45,49,52H,9-10,17-18,27-32H2,(H,46,50)(H,47,51). The summed E-state index contributed by atoms with van der Waals surface area (Å²) in [6, 6.07) is 45.3. The Morgan fingerprint density at radius 1 is 0.667 bits per heavy atom. The van der Waals surface area contributed by atoms with E-state index in [0.29, 0.717) is 38.8 Å². The number of ether oxygens (including phenoxy) is 2. The fourth-order valence-corrected chi connectivity index (χ4v) is 6.87. The maximum atomic E-state index is 12.5. The monoisotopic (exact) mass is 727 g/mol.